The number of aryl methyl sites for hydroxylation is 1. The highest BCUT2D eigenvalue weighted by molar-refractivity contribution is 6.10. The minimum absolute atomic E-state index is 0. The molecule has 0 aliphatic carbocycles. The van der Waals surface area contributed by atoms with Gasteiger partial charge in [-0.25, -0.2) is 14.4 Å². The molecule has 0 amide bonds. The standard InChI is InChI=1S/C29H38N2O6.2ClH/c1-5-30(6-2)15-9-11-20-21(12-10-16-31(7-3)8-4)26-22-14-13-19(27(32)33)17-24(22)29(36)37-25(26)18-23(20)28(34)35;;/h13-14,17-18H,5-12,15-16H2,1-4H3,(H,32,33)(H,34,35);2*1H. The lowest BCUT2D eigenvalue weighted by Gasteiger charge is -2.21. The molecule has 1 heterocycles. The zero-order chi connectivity index (χ0) is 27.1. The van der Waals surface area contributed by atoms with Crippen LogP contribution < -0.4 is 5.63 Å². The third-order valence-electron chi connectivity index (χ3n) is 7.29. The molecule has 8 nitrogen and oxygen atoms in total. The molecule has 0 bridgehead atoms. The topological polar surface area (TPSA) is 111 Å². The first-order valence-corrected chi connectivity index (χ1v) is 13.2. The van der Waals surface area contributed by atoms with E-state index in [1.54, 1.807) is 6.07 Å². The Balaban J connectivity index is 0.00000380. The summed E-state index contributed by atoms with van der Waals surface area (Å²) in [5, 5.41) is 21.0. The second kappa shape index (κ2) is 15.8. The van der Waals surface area contributed by atoms with Gasteiger partial charge in [0, 0.05) is 10.8 Å². The number of halogens is 2. The van der Waals surface area contributed by atoms with Crippen molar-refractivity contribution in [1.29, 1.82) is 0 Å². The van der Waals surface area contributed by atoms with E-state index >= 15 is 0 Å². The monoisotopic (exact) mass is 582 g/mol. The van der Waals surface area contributed by atoms with Gasteiger partial charge in [-0.1, -0.05) is 33.8 Å². The second-order valence-electron chi connectivity index (χ2n) is 9.28. The fourth-order valence-electron chi connectivity index (χ4n) is 5.14. The number of hydrogen-bond donors (Lipinski definition) is 2. The lowest BCUT2D eigenvalue weighted by atomic mass is 9.88. The van der Waals surface area contributed by atoms with Gasteiger partial charge in [0.2, 0.25) is 0 Å². The van der Waals surface area contributed by atoms with E-state index in [-0.39, 0.29) is 46.9 Å². The summed E-state index contributed by atoms with van der Waals surface area (Å²) in [7, 11) is 0. The quantitative estimate of drug-likeness (QED) is 0.183. The number of carboxylic acids is 2. The molecule has 1 aromatic heterocycles. The van der Waals surface area contributed by atoms with Crippen LogP contribution in [0.1, 0.15) is 72.4 Å². The van der Waals surface area contributed by atoms with E-state index < -0.39 is 17.6 Å². The summed E-state index contributed by atoms with van der Waals surface area (Å²) in [5.74, 6) is -2.17. The third-order valence-corrected chi connectivity index (χ3v) is 7.29. The van der Waals surface area contributed by atoms with E-state index in [9.17, 15) is 24.6 Å². The van der Waals surface area contributed by atoms with Crippen molar-refractivity contribution >= 4 is 58.5 Å². The van der Waals surface area contributed by atoms with Crippen LogP contribution in [0, 0.1) is 0 Å². The van der Waals surface area contributed by atoms with Crippen molar-refractivity contribution in [3.8, 4) is 0 Å². The van der Waals surface area contributed by atoms with E-state index in [4.69, 9.17) is 4.42 Å². The van der Waals surface area contributed by atoms with Gasteiger partial charge in [0.05, 0.1) is 16.5 Å². The molecule has 0 spiro atoms. The SMILES string of the molecule is CCN(CC)CCCc1c(C(=O)O)cc2oc(=O)c3cc(C(=O)O)ccc3c2c1CCCN(CC)CC.Cl.Cl. The van der Waals surface area contributed by atoms with Gasteiger partial charge in [-0.2, -0.15) is 0 Å². The Hall–Kier alpha value is -2.65. The first-order valence-electron chi connectivity index (χ1n) is 13.2. The van der Waals surface area contributed by atoms with Crippen molar-refractivity contribution in [2.75, 3.05) is 39.3 Å². The summed E-state index contributed by atoms with van der Waals surface area (Å²) in [4.78, 5) is 41.4. The van der Waals surface area contributed by atoms with Gasteiger partial charge in [-0.15, -0.1) is 24.8 Å². The molecule has 0 radical (unpaired) electrons. The summed E-state index contributed by atoms with van der Waals surface area (Å²) in [5.41, 5.74) is 1.36. The van der Waals surface area contributed by atoms with Crippen molar-refractivity contribution in [2.24, 2.45) is 0 Å². The highest BCUT2D eigenvalue weighted by atomic mass is 35.5. The van der Waals surface area contributed by atoms with Gasteiger partial charge in [-0.3, -0.25) is 0 Å². The Bertz CT molecular complexity index is 1330. The molecular formula is C29H40Cl2N2O6. The lowest BCUT2D eigenvalue weighted by molar-refractivity contribution is 0.0685. The molecule has 3 aromatic rings. The Labute approximate surface area is 241 Å². The first kappa shape index (κ1) is 34.4. The number of aromatic carboxylic acids is 2. The van der Waals surface area contributed by atoms with Crippen molar-refractivity contribution in [3.05, 3.63) is 56.9 Å². The van der Waals surface area contributed by atoms with Crippen LogP contribution in [0.2, 0.25) is 0 Å². The maximum Gasteiger partial charge on any atom is 0.344 e. The maximum atomic E-state index is 12.8. The fourth-order valence-corrected chi connectivity index (χ4v) is 5.14. The number of carboxylic acid groups (broad SMARTS) is 2. The molecule has 0 saturated heterocycles. The van der Waals surface area contributed by atoms with Gasteiger partial charge in [0.1, 0.15) is 5.58 Å². The molecule has 0 atom stereocenters. The van der Waals surface area contributed by atoms with Crippen LogP contribution in [0.3, 0.4) is 0 Å². The largest absolute Gasteiger partial charge is 0.478 e. The van der Waals surface area contributed by atoms with E-state index in [1.165, 1.54) is 18.2 Å². The zero-order valence-corrected chi connectivity index (χ0v) is 24.8. The van der Waals surface area contributed by atoms with Crippen LogP contribution in [0.25, 0.3) is 21.7 Å². The number of benzene rings is 2. The van der Waals surface area contributed by atoms with Crippen molar-refractivity contribution in [2.45, 2.75) is 53.4 Å². The van der Waals surface area contributed by atoms with Crippen LogP contribution >= 0.6 is 24.8 Å². The molecular weight excluding hydrogens is 543 g/mol. The molecule has 0 unspecified atom stereocenters. The van der Waals surface area contributed by atoms with Crippen LogP contribution in [-0.4, -0.2) is 71.2 Å². The number of rotatable bonds is 14. The van der Waals surface area contributed by atoms with Crippen LogP contribution in [0.4, 0.5) is 0 Å². The molecule has 39 heavy (non-hydrogen) atoms. The van der Waals surface area contributed by atoms with Gasteiger partial charge >= 0.3 is 17.6 Å². The van der Waals surface area contributed by atoms with Gasteiger partial charge < -0.3 is 24.4 Å². The predicted molar refractivity (Wildman–Crippen MR) is 161 cm³/mol. The fraction of sp³-hybridized carbons (Fsp3) is 0.483. The molecule has 0 fully saturated rings. The third kappa shape index (κ3) is 7.94. The average Bonchev–Trinajstić information content (AvgIpc) is 2.89. The number of fused-ring (bicyclic) bond motifs is 3. The smallest absolute Gasteiger partial charge is 0.344 e. The zero-order valence-electron chi connectivity index (χ0n) is 23.1. The van der Waals surface area contributed by atoms with Crippen LogP contribution in [-0.2, 0) is 12.8 Å². The molecule has 2 N–H and O–H groups in total. The molecule has 0 aliphatic rings. The minimum Gasteiger partial charge on any atom is -0.478 e. The summed E-state index contributed by atoms with van der Waals surface area (Å²) < 4.78 is 5.61. The summed E-state index contributed by atoms with van der Waals surface area (Å²) in [6.07, 6.45) is 2.83. The van der Waals surface area contributed by atoms with E-state index in [2.05, 4.69) is 37.5 Å². The normalized spacial score (nSPS) is 11.1. The number of carbonyl (C=O) groups is 2. The summed E-state index contributed by atoms with van der Waals surface area (Å²) >= 11 is 0. The van der Waals surface area contributed by atoms with Gasteiger partial charge in [0.15, 0.2) is 0 Å². The van der Waals surface area contributed by atoms with Crippen molar-refractivity contribution in [1.82, 2.24) is 9.80 Å². The highest BCUT2D eigenvalue weighted by Gasteiger charge is 2.22. The molecule has 0 saturated carbocycles. The Kier molecular flexibility index (Phi) is 13.9. The molecule has 10 heteroatoms. The van der Waals surface area contributed by atoms with E-state index in [0.29, 0.717) is 23.6 Å². The molecule has 3 rings (SSSR count). The molecule has 216 valence electrons. The van der Waals surface area contributed by atoms with Gasteiger partial charge in [-0.05, 0) is 94.3 Å². The summed E-state index contributed by atoms with van der Waals surface area (Å²) in [6.45, 7) is 13.9. The average molecular weight is 584 g/mol. The van der Waals surface area contributed by atoms with Crippen LogP contribution in [0.5, 0.6) is 0 Å². The number of nitrogens with zero attached hydrogens (tertiary/aromatic N) is 2. The predicted octanol–water partition coefficient (Wildman–Crippen LogP) is 5.74. The Morgan fingerprint density at radius 3 is 1.79 bits per heavy atom. The lowest BCUT2D eigenvalue weighted by Crippen LogP contribution is -2.25. The Morgan fingerprint density at radius 2 is 1.31 bits per heavy atom. The van der Waals surface area contributed by atoms with E-state index in [1.807, 2.05) is 0 Å². The molecule has 2 aromatic carbocycles. The van der Waals surface area contributed by atoms with E-state index in [0.717, 1.165) is 63.2 Å². The van der Waals surface area contributed by atoms with Gasteiger partial charge in [0.25, 0.3) is 0 Å². The molecule has 0 aliphatic heterocycles. The van der Waals surface area contributed by atoms with Crippen molar-refractivity contribution in [3.63, 3.8) is 0 Å². The van der Waals surface area contributed by atoms with Crippen LogP contribution in [0.15, 0.2) is 33.5 Å². The minimum atomic E-state index is -1.13. The maximum absolute atomic E-state index is 12.8. The van der Waals surface area contributed by atoms with Crippen molar-refractivity contribution < 1.29 is 24.2 Å². The second-order valence-corrected chi connectivity index (χ2v) is 9.28. The highest BCUT2D eigenvalue weighted by Crippen LogP contribution is 2.33. The first-order chi connectivity index (χ1) is 17.7. The number of hydrogen-bond acceptors (Lipinski definition) is 6. The summed E-state index contributed by atoms with van der Waals surface area (Å²) in [6, 6.07) is 5.93. The Morgan fingerprint density at radius 1 is 0.769 bits per heavy atom.